The Morgan fingerprint density at radius 1 is 1.50 bits per heavy atom. The van der Waals surface area contributed by atoms with Crippen LogP contribution in [0.3, 0.4) is 0 Å². The van der Waals surface area contributed by atoms with Crippen LogP contribution >= 0.6 is 27.3 Å². The molecule has 4 nitrogen and oxygen atoms in total. The van der Waals surface area contributed by atoms with Gasteiger partial charge in [-0.15, -0.1) is 11.3 Å². The van der Waals surface area contributed by atoms with Crippen LogP contribution in [0.5, 0.6) is 0 Å². The summed E-state index contributed by atoms with van der Waals surface area (Å²) in [4.78, 5) is 5.20. The van der Waals surface area contributed by atoms with E-state index in [0.29, 0.717) is 23.2 Å². The minimum Gasteiger partial charge on any atom is -0.338 e. The van der Waals surface area contributed by atoms with Gasteiger partial charge in [-0.1, -0.05) is 18.5 Å². The SMILES string of the molecule is CCCCS(=O)Cc1nc(-c2ccc(Br)s2)no1. The second-order valence-corrected chi connectivity index (χ2v) is 7.80. The van der Waals surface area contributed by atoms with E-state index in [9.17, 15) is 4.21 Å². The van der Waals surface area contributed by atoms with Gasteiger partial charge in [0.2, 0.25) is 11.7 Å². The molecule has 0 N–H and O–H groups in total. The number of aromatic nitrogens is 2. The van der Waals surface area contributed by atoms with Crippen LogP contribution in [0.25, 0.3) is 10.7 Å². The molecule has 0 fully saturated rings. The van der Waals surface area contributed by atoms with Crippen molar-refractivity contribution in [3.8, 4) is 10.7 Å². The number of rotatable bonds is 6. The van der Waals surface area contributed by atoms with Crippen LogP contribution < -0.4 is 0 Å². The van der Waals surface area contributed by atoms with Gasteiger partial charge in [-0.05, 0) is 34.5 Å². The zero-order valence-corrected chi connectivity index (χ0v) is 13.1. The van der Waals surface area contributed by atoms with Gasteiger partial charge in [0.05, 0.1) is 8.66 Å². The van der Waals surface area contributed by atoms with Crippen molar-refractivity contribution in [3.63, 3.8) is 0 Å². The van der Waals surface area contributed by atoms with Crippen LogP contribution in [0.4, 0.5) is 0 Å². The summed E-state index contributed by atoms with van der Waals surface area (Å²) in [5, 5.41) is 3.90. The molecule has 7 heteroatoms. The number of nitrogens with zero attached hydrogens (tertiary/aromatic N) is 2. The highest BCUT2D eigenvalue weighted by Crippen LogP contribution is 2.29. The molecule has 0 aliphatic rings. The smallest absolute Gasteiger partial charge is 0.239 e. The van der Waals surface area contributed by atoms with Gasteiger partial charge in [-0.3, -0.25) is 4.21 Å². The molecular formula is C11H13BrN2O2S2. The molecule has 0 amide bonds. The third-order valence-corrected chi connectivity index (χ3v) is 5.20. The van der Waals surface area contributed by atoms with Crippen LogP contribution in [0.1, 0.15) is 25.7 Å². The predicted octanol–water partition coefficient (Wildman–Crippen LogP) is 3.61. The molecule has 2 heterocycles. The second-order valence-electron chi connectivity index (χ2n) is 3.76. The van der Waals surface area contributed by atoms with Crippen molar-refractivity contribution in [1.82, 2.24) is 10.1 Å². The summed E-state index contributed by atoms with van der Waals surface area (Å²) in [5.41, 5.74) is 0. The van der Waals surface area contributed by atoms with Crippen LogP contribution in [0.2, 0.25) is 0 Å². The normalized spacial score (nSPS) is 12.8. The lowest BCUT2D eigenvalue weighted by Gasteiger charge is -1.95. The predicted molar refractivity (Wildman–Crippen MR) is 76.9 cm³/mol. The molecular weight excluding hydrogens is 336 g/mol. The van der Waals surface area contributed by atoms with Crippen LogP contribution in [-0.4, -0.2) is 20.1 Å². The maximum absolute atomic E-state index is 11.7. The van der Waals surface area contributed by atoms with E-state index >= 15 is 0 Å². The number of thiophene rings is 1. The van der Waals surface area contributed by atoms with Crippen molar-refractivity contribution in [3.05, 3.63) is 21.8 Å². The quantitative estimate of drug-likeness (QED) is 0.799. The zero-order valence-electron chi connectivity index (χ0n) is 9.89. The lowest BCUT2D eigenvalue weighted by Crippen LogP contribution is -2.00. The third kappa shape index (κ3) is 3.73. The Bertz CT molecular complexity index is 539. The van der Waals surface area contributed by atoms with Gasteiger partial charge in [-0.25, -0.2) is 0 Å². The maximum Gasteiger partial charge on any atom is 0.239 e. The largest absolute Gasteiger partial charge is 0.338 e. The van der Waals surface area contributed by atoms with Crippen molar-refractivity contribution in [2.24, 2.45) is 0 Å². The van der Waals surface area contributed by atoms with Crippen molar-refractivity contribution in [2.75, 3.05) is 5.75 Å². The van der Waals surface area contributed by atoms with Crippen LogP contribution in [0.15, 0.2) is 20.4 Å². The number of hydrogen-bond donors (Lipinski definition) is 0. The topological polar surface area (TPSA) is 56.0 Å². The minimum absolute atomic E-state index is 0.347. The molecule has 2 aromatic rings. The Kier molecular flexibility index (Phi) is 5.08. The molecule has 18 heavy (non-hydrogen) atoms. The fourth-order valence-corrected chi connectivity index (χ4v) is 3.82. The third-order valence-electron chi connectivity index (χ3n) is 2.27. The molecule has 0 saturated heterocycles. The first kappa shape index (κ1) is 13.9. The van der Waals surface area contributed by atoms with E-state index in [1.165, 1.54) is 0 Å². The monoisotopic (exact) mass is 348 g/mol. The summed E-state index contributed by atoms with van der Waals surface area (Å²) in [7, 11) is -0.911. The summed E-state index contributed by atoms with van der Waals surface area (Å²) >= 11 is 4.93. The van der Waals surface area contributed by atoms with E-state index < -0.39 is 10.8 Å². The second kappa shape index (κ2) is 6.58. The van der Waals surface area contributed by atoms with Crippen molar-refractivity contribution in [1.29, 1.82) is 0 Å². The highest BCUT2D eigenvalue weighted by molar-refractivity contribution is 9.11. The van der Waals surface area contributed by atoms with E-state index in [-0.39, 0.29) is 0 Å². The minimum atomic E-state index is -0.911. The fraction of sp³-hybridized carbons (Fsp3) is 0.455. The van der Waals surface area contributed by atoms with Crippen LogP contribution in [-0.2, 0) is 16.6 Å². The van der Waals surface area contributed by atoms with E-state index in [2.05, 4.69) is 33.0 Å². The standard InChI is InChI=1S/C11H13BrN2O2S2/c1-2-3-6-18(15)7-10-13-11(14-16-10)8-4-5-9(12)17-8/h4-5H,2-3,6-7H2,1H3. The van der Waals surface area contributed by atoms with E-state index in [1.807, 2.05) is 12.1 Å². The first-order chi connectivity index (χ1) is 8.69. The maximum atomic E-state index is 11.7. The fourth-order valence-electron chi connectivity index (χ4n) is 1.36. The molecule has 0 aliphatic heterocycles. The Hall–Kier alpha value is -0.530. The lowest BCUT2D eigenvalue weighted by atomic mass is 10.4. The van der Waals surface area contributed by atoms with Crippen molar-refractivity contribution < 1.29 is 8.73 Å². The summed E-state index contributed by atoms with van der Waals surface area (Å²) < 4.78 is 17.8. The first-order valence-electron chi connectivity index (χ1n) is 5.62. The molecule has 0 aromatic carbocycles. The molecule has 98 valence electrons. The Morgan fingerprint density at radius 2 is 2.33 bits per heavy atom. The molecule has 0 radical (unpaired) electrons. The van der Waals surface area contributed by atoms with Gasteiger partial charge in [0.1, 0.15) is 5.75 Å². The van der Waals surface area contributed by atoms with E-state index in [4.69, 9.17) is 4.52 Å². The average Bonchev–Trinajstić information content (AvgIpc) is 2.95. The number of hydrogen-bond acceptors (Lipinski definition) is 5. The summed E-state index contributed by atoms with van der Waals surface area (Å²) in [6.07, 6.45) is 2.01. The number of halogens is 1. The van der Waals surface area contributed by atoms with Gasteiger partial charge < -0.3 is 4.52 Å². The molecule has 1 unspecified atom stereocenters. The summed E-state index contributed by atoms with van der Waals surface area (Å²) in [5.74, 6) is 2.05. The van der Waals surface area contributed by atoms with Gasteiger partial charge in [0.15, 0.2) is 0 Å². The van der Waals surface area contributed by atoms with E-state index in [0.717, 1.165) is 21.5 Å². The zero-order chi connectivity index (χ0) is 13.0. The van der Waals surface area contributed by atoms with Crippen molar-refractivity contribution >= 4 is 38.1 Å². The molecule has 0 aliphatic carbocycles. The molecule has 1 atom stereocenters. The molecule has 0 saturated carbocycles. The van der Waals surface area contributed by atoms with Gasteiger partial charge in [0, 0.05) is 16.6 Å². The van der Waals surface area contributed by atoms with Gasteiger partial charge >= 0.3 is 0 Å². The molecule has 0 bridgehead atoms. The summed E-state index contributed by atoms with van der Waals surface area (Å²) in [6.45, 7) is 2.08. The molecule has 2 aromatic heterocycles. The van der Waals surface area contributed by atoms with Gasteiger partial charge in [-0.2, -0.15) is 4.98 Å². The first-order valence-corrected chi connectivity index (χ1v) is 8.72. The van der Waals surface area contributed by atoms with Gasteiger partial charge in [0.25, 0.3) is 0 Å². The molecule has 0 spiro atoms. The highest BCUT2D eigenvalue weighted by atomic mass is 79.9. The van der Waals surface area contributed by atoms with Crippen LogP contribution in [0, 0.1) is 0 Å². The van der Waals surface area contributed by atoms with Crippen molar-refractivity contribution in [2.45, 2.75) is 25.5 Å². The highest BCUT2D eigenvalue weighted by Gasteiger charge is 2.12. The number of unbranched alkanes of at least 4 members (excludes halogenated alkanes) is 1. The lowest BCUT2D eigenvalue weighted by molar-refractivity contribution is 0.391. The average molecular weight is 349 g/mol. The van der Waals surface area contributed by atoms with E-state index in [1.54, 1.807) is 11.3 Å². The Balaban J connectivity index is 2.00. The Labute approximate surface area is 120 Å². The summed E-state index contributed by atoms with van der Waals surface area (Å²) in [6, 6.07) is 3.87. The Morgan fingerprint density at radius 3 is 3.00 bits per heavy atom. The molecule has 2 rings (SSSR count).